The molecule has 0 fully saturated rings. The highest BCUT2D eigenvalue weighted by Gasteiger charge is 2.21. The van der Waals surface area contributed by atoms with E-state index < -0.39 is 0 Å². The topological polar surface area (TPSA) is 76.1 Å². The molecule has 1 unspecified atom stereocenters. The molecule has 0 radical (unpaired) electrons. The Morgan fingerprint density at radius 1 is 0.568 bits per heavy atom. The van der Waals surface area contributed by atoms with Crippen molar-refractivity contribution in [3.63, 3.8) is 0 Å². The van der Waals surface area contributed by atoms with E-state index >= 15 is 0 Å². The van der Waals surface area contributed by atoms with Crippen LogP contribution in [-0.4, -0.2) is 74.1 Å². The van der Waals surface area contributed by atoms with Gasteiger partial charge in [0, 0.05) is 19.4 Å². The van der Waals surface area contributed by atoms with E-state index in [0.717, 1.165) is 70.3 Å². The lowest BCUT2D eigenvalue weighted by Crippen LogP contribution is -2.39. The number of unbranched alkanes of at least 4 members (excludes halogenated alkanes) is 11. The van der Waals surface area contributed by atoms with Crippen LogP contribution in [0.1, 0.15) is 163 Å². The molecule has 0 rings (SSSR count). The van der Waals surface area contributed by atoms with E-state index in [1.54, 1.807) is 4.90 Å². The monoisotopic (exact) mass is 625 g/mol. The van der Waals surface area contributed by atoms with Crippen molar-refractivity contribution in [3.8, 4) is 0 Å². The van der Waals surface area contributed by atoms with Crippen LogP contribution in [0, 0.1) is 11.8 Å². The SMILES string of the molecule is CCCCCCCCC(CCCCCC)C(=O)OCCN(CCOC(=O)CCCCCCC(C)C)C(=O)CCN(C)CCC. The summed E-state index contributed by atoms with van der Waals surface area (Å²) in [5.41, 5.74) is 0. The van der Waals surface area contributed by atoms with Crippen LogP contribution in [0.4, 0.5) is 0 Å². The smallest absolute Gasteiger partial charge is 0.308 e. The molecule has 0 bridgehead atoms. The third kappa shape index (κ3) is 25.7. The summed E-state index contributed by atoms with van der Waals surface area (Å²) in [5.74, 6) is 0.355. The van der Waals surface area contributed by atoms with Gasteiger partial charge in [0.2, 0.25) is 5.91 Å². The quantitative estimate of drug-likeness (QED) is 0.0566. The maximum atomic E-state index is 13.1. The zero-order chi connectivity index (χ0) is 32.8. The van der Waals surface area contributed by atoms with Gasteiger partial charge >= 0.3 is 11.9 Å². The minimum Gasteiger partial charge on any atom is -0.464 e. The molecular formula is C37H72N2O5. The van der Waals surface area contributed by atoms with E-state index in [4.69, 9.17) is 9.47 Å². The van der Waals surface area contributed by atoms with Crippen LogP contribution in [0.2, 0.25) is 0 Å². The summed E-state index contributed by atoms with van der Waals surface area (Å²) < 4.78 is 11.3. The molecule has 0 aromatic carbocycles. The Bertz CT molecular complexity index is 699. The van der Waals surface area contributed by atoms with Crippen LogP contribution in [0.25, 0.3) is 0 Å². The number of esters is 2. The van der Waals surface area contributed by atoms with Crippen molar-refractivity contribution in [2.45, 2.75) is 163 Å². The van der Waals surface area contributed by atoms with Crippen molar-refractivity contribution in [1.82, 2.24) is 9.80 Å². The van der Waals surface area contributed by atoms with Gasteiger partial charge in [0.05, 0.1) is 19.0 Å². The van der Waals surface area contributed by atoms with E-state index in [2.05, 4.69) is 39.5 Å². The van der Waals surface area contributed by atoms with Gasteiger partial charge in [-0.25, -0.2) is 0 Å². The Morgan fingerprint density at radius 2 is 1.09 bits per heavy atom. The fourth-order valence-electron chi connectivity index (χ4n) is 5.56. The molecule has 0 aromatic heterocycles. The van der Waals surface area contributed by atoms with Gasteiger partial charge in [0.1, 0.15) is 13.2 Å². The van der Waals surface area contributed by atoms with Gasteiger partial charge in [-0.2, -0.15) is 0 Å². The molecule has 0 heterocycles. The number of carbonyl (C=O) groups is 3. The lowest BCUT2D eigenvalue weighted by Gasteiger charge is -2.24. The molecule has 1 atom stereocenters. The van der Waals surface area contributed by atoms with E-state index in [0.29, 0.717) is 32.5 Å². The standard InChI is InChI=1S/C37H72N2O5/c1-7-10-12-14-15-20-24-34(23-19-13-11-8-2)37(42)44-32-30-39(35(40)26-28-38(6)27-9-3)29-31-43-36(41)25-21-17-16-18-22-33(4)5/h33-34H,7-32H2,1-6H3. The minimum atomic E-state index is -0.198. The first-order valence-electron chi connectivity index (χ1n) is 18.5. The predicted molar refractivity (Wildman–Crippen MR) is 184 cm³/mol. The van der Waals surface area contributed by atoms with Crippen LogP contribution in [-0.2, 0) is 23.9 Å². The summed E-state index contributed by atoms with van der Waals surface area (Å²) in [7, 11) is 2.03. The molecule has 260 valence electrons. The van der Waals surface area contributed by atoms with Gasteiger partial charge in [0.15, 0.2) is 0 Å². The summed E-state index contributed by atoms with van der Waals surface area (Å²) >= 11 is 0. The number of amides is 1. The third-order valence-corrected chi connectivity index (χ3v) is 8.45. The molecule has 1 amide bonds. The van der Waals surface area contributed by atoms with Gasteiger partial charge in [-0.3, -0.25) is 14.4 Å². The first kappa shape index (κ1) is 42.4. The van der Waals surface area contributed by atoms with Crippen molar-refractivity contribution in [2.24, 2.45) is 11.8 Å². The summed E-state index contributed by atoms with van der Waals surface area (Å²) in [6, 6.07) is 0. The van der Waals surface area contributed by atoms with Gasteiger partial charge in [-0.05, 0) is 45.2 Å². The first-order chi connectivity index (χ1) is 21.2. The predicted octanol–water partition coefficient (Wildman–Crippen LogP) is 8.97. The first-order valence-corrected chi connectivity index (χ1v) is 18.5. The fraction of sp³-hybridized carbons (Fsp3) is 0.919. The van der Waals surface area contributed by atoms with Crippen LogP contribution >= 0.6 is 0 Å². The normalized spacial score (nSPS) is 12.1. The second kappa shape index (κ2) is 30.0. The number of carbonyl (C=O) groups excluding carboxylic acids is 3. The highest BCUT2D eigenvalue weighted by atomic mass is 16.5. The lowest BCUT2D eigenvalue weighted by atomic mass is 9.94. The van der Waals surface area contributed by atoms with Crippen molar-refractivity contribution >= 4 is 17.8 Å². The van der Waals surface area contributed by atoms with Crippen LogP contribution in [0.5, 0.6) is 0 Å². The van der Waals surface area contributed by atoms with Crippen LogP contribution in [0.3, 0.4) is 0 Å². The maximum absolute atomic E-state index is 13.1. The van der Waals surface area contributed by atoms with Crippen LogP contribution in [0.15, 0.2) is 0 Å². The Kier molecular flexibility index (Phi) is 28.9. The zero-order valence-corrected chi connectivity index (χ0v) is 30.0. The molecule has 7 heteroatoms. The van der Waals surface area contributed by atoms with Gasteiger partial charge in [0.25, 0.3) is 0 Å². The summed E-state index contributed by atoms with van der Waals surface area (Å²) in [6.45, 7) is 13.7. The second-order valence-electron chi connectivity index (χ2n) is 13.3. The van der Waals surface area contributed by atoms with Gasteiger partial charge < -0.3 is 19.3 Å². The molecule has 0 aliphatic heterocycles. The summed E-state index contributed by atoms with van der Waals surface area (Å²) in [6.07, 6.45) is 21.0. The Balaban J connectivity index is 4.84. The third-order valence-electron chi connectivity index (χ3n) is 8.45. The number of hydrogen-bond acceptors (Lipinski definition) is 6. The molecule has 44 heavy (non-hydrogen) atoms. The molecule has 0 aliphatic carbocycles. The van der Waals surface area contributed by atoms with E-state index in [1.807, 2.05) is 7.05 Å². The molecule has 0 aliphatic rings. The Hall–Kier alpha value is -1.63. The Labute approximate surface area is 272 Å². The molecule has 7 nitrogen and oxygen atoms in total. The number of ether oxygens (including phenoxy) is 2. The zero-order valence-electron chi connectivity index (χ0n) is 30.0. The molecule has 0 N–H and O–H groups in total. The van der Waals surface area contributed by atoms with Crippen molar-refractivity contribution in [2.75, 3.05) is 46.4 Å². The fourth-order valence-corrected chi connectivity index (χ4v) is 5.56. The van der Waals surface area contributed by atoms with Crippen molar-refractivity contribution < 1.29 is 23.9 Å². The van der Waals surface area contributed by atoms with E-state index in [-0.39, 0.29) is 37.0 Å². The van der Waals surface area contributed by atoms with Crippen molar-refractivity contribution in [3.05, 3.63) is 0 Å². The second-order valence-corrected chi connectivity index (χ2v) is 13.3. The summed E-state index contributed by atoms with van der Waals surface area (Å²) in [4.78, 5) is 42.4. The van der Waals surface area contributed by atoms with Gasteiger partial charge in [-0.1, -0.05) is 125 Å². The molecular weight excluding hydrogens is 552 g/mol. The minimum absolute atomic E-state index is 0.00778. The maximum Gasteiger partial charge on any atom is 0.308 e. The van der Waals surface area contributed by atoms with E-state index in [9.17, 15) is 14.4 Å². The highest BCUT2D eigenvalue weighted by Crippen LogP contribution is 2.20. The largest absolute Gasteiger partial charge is 0.464 e. The van der Waals surface area contributed by atoms with Crippen molar-refractivity contribution in [1.29, 1.82) is 0 Å². The number of hydrogen-bond donors (Lipinski definition) is 0. The summed E-state index contributed by atoms with van der Waals surface area (Å²) in [5, 5.41) is 0. The Morgan fingerprint density at radius 3 is 1.68 bits per heavy atom. The molecule has 0 aromatic rings. The molecule has 0 saturated heterocycles. The molecule has 0 spiro atoms. The average Bonchev–Trinajstić information content (AvgIpc) is 2.99. The average molecular weight is 625 g/mol. The molecule has 0 saturated carbocycles. The number of nitrogens with zero attached hydrogens (tertiary/aromatic N) is 2. The van der Waals surface area contributed by atoms with Crippen LogP contribution < -0.4 is 0 Å². The van der Waals surface area contributed by atoms with E-state index in [1.165, 1.54) is 57.8 Å². The highest BCUT2D eigenvalue weighted by molar-refractivity contribution is 5.76. The van der Waals surface area contributed by atoms with Gasteiger partial charge in [-0.15, -0.1) is 0 Å². The lowest BCUT2D eigenvalue weighted by molar-refractivity contribution is -0.151. The number of rotatable bonds is 31.